The molecule has 3 rings (SSSR count). The Balaban J connectivity index is 1.88. The molecule has 3 aromatic rings. The van der Waals surface area contributed by atoms with Crippen molar-refractivity contribution in [3.05, 3.63) is 33.9 Å². The zero-order valence-electron chi connectivity index (χ0n) is 9.57. The molecule has 0 atom stereocenters. The number of thiophene rings is 1. The smallest absolute Gasteiger partial charge is 0.195 e. The van der Waals surface area contributed by atoms with Gasteiger partial charge >= 0.3 is 0 Å². The Hall–Kier alpha value is -1.73. The normalized spacial score (nSPS) is 11.6. The number of hydrogen-bond acceptors (Lipinski definition) is 7. The van der Waals surface area contributed by atoms with Crippen LogP contribution in [0, 0.1) is 6.92 Å². The largest absolute Gasteiger partial charge is 0.248 e. The van der Waals surface area contributed by atoms with Gasteiger partial charge in [-0.15, -0.1) is 27.8 Å². The molecule has 0 saturated carbocycles. The van der Waals surface area contributed by atoms with Crippen LogP contribution in [0.25, 0.3) is 10.2 Å². The lowest BCUT2D eigenvalue weighted by Crippen LogP contribution is -1.81. The predicted octanol–water partition coefficient (Wildman–Crippen LogP) is 3.74. The van der Waals surface area contributed by atoms with Crippen LogP contribution in [-0.2, 0) is 6.54 Å². The summed E-state index contributed by atoms with van der Waals surface area (Å²) in [5.74, 6) is 0.634. The Labute approximate surface area is 111 Å². The van der Waals surface area contributed by atoms with E-state index in [2.05, 4.69) is 30.6 Å². The molecular weight excluding hydrogens is 266 g/mol. The highest BCUT2D eigenvalue weighted by Crippen LogP contribution is 2.30. The van der Waals surface area contributed by atoms with Gasteiger partial charge in [0.15, 0.2) is 5.82 Å². The van der Waals surface area contributed by atoms with E-state index >= 15 is 0 Å². The highest BCUT2D eigenvalue weighted by Gasteiger charge is 2.07. The van der Waals surface area contributed by atoms with Gasteiger partial charge in [0.25, 0.3) is 0 Å². The fraction of sp³-hybridized carbons (Fsp3) is 0.182. The number of nitrogens with zero attached hydrogens (tertiary/aromatic N) is 5. The Bertz CT molecular complexity index is 687. The van der Waals surface area contributed by atoms with Crippen molar-refractivity contribution < 1.29 is 0 Å². The highest BCUT2D eigenvalue weighted by atomic mass is 32.1. The second kappa shape index (κ2) is 4.87. The third-order valence-corrected chi connectivity index (χ3v) is 4.21. The fourth-order valence-electron chi connectivity index (χ4n) is 1.52. The summed E-state index contributed by atoms with van der Waals surface area (Å²) in [5, 5.41) is 13.2. The van der Waals surface area contributed by atoms with Gasteiger partial charge in [-0.05, 0) is 17.9 Å². The van der Waals surface area contributed by atoms with Crippen LogP contribution < -0.4 is 0 Å². The first-order valence-electron chi connectivity index (χ1n) is 5.29. The first kappa shape index (κ1) is 11.4. The summed E-state index contributed by atoms with van der Waals surface area (Å²) in [5.41, 5.74) is 2.10. The van der Waals surface area contributed by atoms with Crippen LogP contribution in [0.2, 0.25) is 0 Å². The van der Waals surface area contributed by atoms with Gasteiger partial charge in [0.05, 0.1) is 10.2 Å². The standard InChI is InChI=1S/C11H9N5S2/c1-7-5-18-10-9(7)13-6-14-11(10)16-15-4-8-12-2-3-17-8/h2-3,5-6H,4H2,1H3. The van der Waals surface area contributed by atoms with Crippen molar-refractivity contribution in [1.29, 1.82) is 0 Å². The maximum absolute atomic E-state index is 4.25. The minimum Gasteiger partial charge on any atom is -0.248 e. The predicted molar refractivity (Wildman–Crippen MR) is 72.5 cm³/mol. The molecule has 7 heteroatoms. The third-order valence-electron chi connectivity index (χ3n) is 2.37. The molecule has 0 fully saturated rings. The van der Waals surface area contributed by atoms with E-state index in [-0.39, 0.29) is 0 Å². The zero-order chi connectivity index (χ0) is 12.4. The van der Waals surface area contributed by atoms with Gasteiger partial charge in [-0.1, -0.05) is 0 Å². The number of hydrogen-bond donors (Lipinski definition) is 0. The van der Waals surface area contributed by atoms with Gasteiger partial charge in [-0.2, -0.15) is 5.11 Å². The number of thiazole rings is 1. The summed E-state index contributed by atoms with van der Waals surface area (Å²) in [7, 11) is 0. The summed E-state index contributed by atoms with van der Waals surface area (Å²) >= 11 is 3.17. The molecule has 3 heterocycles. The number of aryl methyl sites for hydroxylation is 1. The van der Waals surface area contributed by atoms with Crippen LogP contribution in [0.15, 0.2) is 33.5 Å². The third kappa shape index (κ3) is 2.14. The molecule has 0 aliphatic heterocycles. The zero-order valence-corrected chi connectivity index (χ0v) is 11.2. The van der Waals surface area contributed by atoms with Crippen molar-refractivity contribution in [3.8, 4) is 0 Å². The molecule has 0 aliphatic rings. The average Bonchev–Trinajstić information content (AvgIpc) is 3.01. The van der Waals surface area contributed by atoms with Crippen LogP contribution in [0.3, 0.4) is 0 Å². The van der Waals surface area contributed by atoms with Gasteiger partial charge in [0.2, 0.25) is 0 Å². The Morgan fingerprint density at radius 3 is 3.00 bits per heavy atom. The molecule has 0 amide bonds. The number of rotatable bonds is 3. The molecular formula is C11H9N5S2. The number of fused-ring (bicyclic) bond motifs is 1. The van der Waals surface area contributed by atoms with Crippen LogP contribution in [0.4, 0.5) is 5.82 Å². The van der Waals surface area contributed by atoms with E-state index in [4.69, 9.17) is 0 Å². The van der Waals surface area contributed by atoms with Crippen molar-refractivity contribution in [2.24, 2.45) is 10.2 Å². The molecule has 0 aromatic carbocycles. The van der Waals surface area contributed by atoms with Crippen molar-refractivity contribution in [1.82, 2.24) is 15.0 Å². The summed E-state index contributed by atoms with van der Waals surface area (Å²) in [6, 6.07) is 0. The van der Waals surface area contributed by atoms with Crippen molar-refractivity contribution >= 4 is 38.7 Å². The monoisotopic (exact) mass is 275 g/mol. The van der Waals surface area contributed by atoms with Crippen molar-refractivity contribution in [2.75, 3.05) is 0 Å². The topological polar surface area (TPSA) is 63.4 Å². The molecule has 0 radical (unpaired) electrons. The summed E-state index contributed by atoms with van der Waals surface area (Å²) in [4.78, 5) is 12.6. The molecule has 0 saturated heterocycles. The van der Waals surface area contributed by atoms with Gasteiger partial charge in [0, 0.05) is 11.6 Å². The molecule has 3 aromatic heterocycles. The van der Waals surface area contributed by atoms with E-state index in [1.807, 2.05) is 12.3 Å². The van der Waals surface area contributed by atoms with Gasteiger partial charge in [-0.3, -0.25) is 0 Å². The maximum atomic E-state index is 4.25. The Morgan fingerprint density at radius 1 is 1.22 bits per heavy atom. The average molecular weight is 275 g/mol. The van der Waals surface area contributed by atoms with Crippen LogP contribution >= 0.6 is 22.7 Å². The maximum Gasteiger partial charge on any atom is 0.195 e. The fourth-order valence-corrected chi connectivity index (χ4v) is 2.99. The first-order chi connectivity index (χ1) is 8.84. The van der Waals surface area contributed by atoms with Gasteiger partial charge in [0.1, 0.15) is 17.9 Å². The van der Waals surface area contributed by atoms with Crippen molar-refractivity contribution in [2.45, 2.75) is 13.5 Å². The number of aromatic nitrogens is 3. The summed E-state index contributed by atoms with van der Waals surface area (Å²) in [6.45, 7) is 2.52. The first-order valence-corrected chi connectivity index (χ1v) is 7.05. The minimum atomic E-state index is 0.494. The van der Waals surface area contributed by atoms with Crippen LogP contribution in [-0.4, -0.2) is 15.0 Å². The van der Waals surface area contributed by atoms with Crippen LogP contribution in [0.5, 0.6) is 0 Å². The van der Waals surface area contributed by atoms with Gasteiger partial charge < -0.3 is 0 Å². The molecule has 90 valence electrons. The summed E-state index contributed by atoms with van der Waals surface area (Å²) < 4.78 is 0.984. The molecule has 0 spiro atoms. The second-order valence-corrected chi connectivity index (χ2v) is 5.48. The van der Waals surface area contributed by atoms with E-state index in [1.54, 1.807) is 28.9 Å². The Kier molecular flexibility index (Phi) is 3.07. The molecule has 18 heavy (non-hydrogen) atoms. The highest BCUT2D eigenvalue weighted by molar-refractivity contribution is 7.17. The quantitative estimate of drug-likeness (QED) is 0.684. The molecule has 0 N–H and O–H groups in total. The van der Waals surface area contributed by atoms with E-state index < -0.39 is 0 Å². The molecule has 0 aliphatic carbocycles. The molecule has 0 bridgehead atoms. The van der Waals surface area contributed by atoms with Gasteiger partial charge in [-0.25, -0.2) is 15.0 Å². The van der Waals surface area contributed by atoms with E-state index in [0.29, 0.717) is 12.4 Å². The molecule has 0 unspecified atom stereocenters. The van der Waals surface area contributed by atoms with Crippen LogP contribution in [0.1, 0.15) is 10.6 Å². The van der Waals surface area contributed by atoms with E-state index in [1.165, 1.54) is 6.33 Å². The second-order valence-electron chi connectivity index (χ2n) is 3.62. The Morgan fingerprint density at radius 2 is 2.17 bits per heavy atom. The SMILES string of the molecule is Cc1csc2c(N=NCc3nccs3)ncnc12. The van der Waals surface area contributed by atoms with E-state index in [0.717, 1.165) is 20.8 Å². The summed E-state index contributed by atoms with van der Waals surface area (Å²) in [6.07, 6.45) is 3.29. The molecule has 5 nitrogen and oxygen atoms in total. The minimum absolute atomic E-state index is 0.494. The number of azo groups is 1. The lowest BCUT2D eigenvalue weighted by atomic mass is 10.3. The van der Waals surface area contributed by atoms with E-state index in [9.17, 15) is 0 Å². The lowest BCUT2D eigenvalue weighted by Gasteiger charge is -1.93. The lowest BCUT2D eigenvalue weighted by molar-refractivity contribution is 0.934. The van der Waals surface area contributed by atoms with Crippen molar-refractivity contribution in [3.63, 3.8) is 0 Å².